The van der Waals surface area contributed by atoms with Crippen LogP contribution < -0.4 is 11.1 Å². The lowest BCUT2D eigenvalue weighted by Crippen LogP contribution is -2.43. The van der Waals surface area contributed by atoms with E-state index < -0.39 is 18.1 Å². The third-order valence-corrected chi connectivity index (χ3v) is 3.59. The van der Waals surface area contributed by atoms with Gasteiger partial charge in [-0.1, -0.05) is 19.1 Å². The molecule has 114 valence electrons. The zero-order chi connectivity index (χ0) is 15.4. The van der Waals surface area contributed by atoms with Crippen LogP contribution >= 0.6 is 0 Å². The molecule has 0 saturated carbocycles. The van der Waals surface area contributed by atoms with Gasteiger partial charge in [-0.3, -0.25) is 9.59 Å². The zero-order valence-corrected chi connectivity index (χ0v) is 12.1. The molecule has 21 heavy (non-hydrogen) atoms. The van der Waals surface area contributed by atoms with Gasteiger partial charge in [-0.25, -0.2) is 0 Å². The number of carbonyl (C=O) groups excluding carboxylic acids is 2. The Morgan fingerprint density at radius 3 is 2.81 bits per heavy atom. The molecule has 1 fully saturated rings. The summed E-state index contributed by atoms with van der Waals surface area (Å²) in [7, 11) is 0. The molecule has 1 saturated heterocycles. The molecule has 2 amide bonds. The van der Waals surface area contributed by atoms with E-state index in [1.807, 2.05) is 19.1 Å². The maximum absolute atomic E-state index is 12.7. The highest BCUT2D eigenvalue weighted by molar-refractivity contribution is 6.02. The minimum absolute atomic E-state index is 0.133. The number of carbonyl (C=O) groups is 2. The summed E-state index contributed by atoms with van der Waals surface area (Å²) in [6, 6.07) is 6.42. The van der Waals surface area contributed by atoms with Crippen molar-refractivity contribution in [1.29, 1.82) is 0 Å². The molecule has 1 aromatic rings. The molecule has 1 aromatic carbocycles. The molecule has 1 heterocycles. The second-order valence-electron chi connectivity index (χ2n) is 5.24. The first-order valence-electron chi connectivity index (χ1n) is 7.15. The van der Waals surface area contributed by atoms with Gasteiger partial charge in [-0.2, -0.15) is 0 Å². The number of aliphatic hydroxyl groups is 1. The molecule has 2 unspecified atom stereocenters. The van der Waals surface area contributed by atoms with Crippen LogP contribution in [0.3, 0.4) is 0 Å². The third kappa shape index (κ3) is 3.33. The van der Waals surface area contributed by atoms with E-state index in [4.69, 9.17) is 5.73 Å². The van der Waals surface area contributed by atoms with E-state index in [1.165, 1.54) is 4.90 Å². The quantitative estimate of drug-likeness (QED) is 0.739. The number of aliphatic hydroxyl groups excluding tert-OH is 1. The van der Waals surface area contributed by atoms with Crippen LogP contribution in [0.2, 0.25) is 0 Å². The normalized spacial score (nSPS) is 21.3. The molecule has 0 radical (unpaired) electrons. The Balaban J connectivity index is 2.25. The number of amides is 2. The molecule has 2 atom stereocenters. The lowest BCUT2D eigenvalue weighted by Gasteiger charge is -2.23. The van der Waals surface area contributed by atoms with E-state index in [0.29, 0.717) is 5.56 Å². The van der Waals surface area contributed by atoms with Crippen molar-refractivity contribution in [2.24, 2.45) is 5.73 Å². The average molecular weight is 291 g/mol. The van der Waals surface area contributed by atoms with Crippen molar-refractivity contribution < 1.29 is 14.7 Å². The summed E-state index contributed by atoms with van der Waals surface area (Å²) in [4.78, 5) is 25.5. The number of nitrogens with two attached hydrogens (primary N) is 1. The Bertz CT molecular complexity index is 533. The number of nitrogens with zero attached hydrogens (tertiary/aromatic N) is 1. The number of para-hydroxylation sites is 1. The summed E-state index contributed by atoms with van der Waals surface area (Å²) < 4.78 is 0. The number of benzene rings is 1. The van der Waals surface area contributed by atoms with Gasteiger partial charge < -0.3 is 21.1 Å². The van der Waals surface area contributed by atoms with Gasteiger partial charge in [-0.15, -0.1) is 0 Å². The topological polar surface area (TPSA) is 95.7 Å². The molecule has 2 rings (SSSR count). The minimum Gasteiger partial charge on any atom is -0.391 e. The van der Waals surface area contributed by atoms with Crippen LogP contribution in [0.4, 0.5) is 5.69 Å². The van der Waals surface area contributed by atoms with Crippen LogP contribution in [0.5, 0.6) is 0 Å². The summed E-state index contributed by atoms with van der Waals surface area (Å²) in [5.74, 6) is -0.867. The predicted molar refractivity (Wildman–Crippen MR) is 79.9 cm³/mol. The fraction of sp³-hybridized carbons (Fsp3) is 0.467. The van der Waals surface area contributed by atoms with Crippen molar-refractivity contribution in [2.45, 2.75) is 31.9 Å². The van der Waals surface area contributed by atoms with Gasteiger partial charge >= 0.3 is 0 Å². The number of rotatable bonds is 5. The maximum atomic E-state index is 12.7. The van der Waals surface area contributed by atoms with Crippen LogP contribution in [0, 0.1) is 0 Å². The standard InChI is InChI=1S/C15H21N3O3/c1-2-7-17-12-6-4-3-5-11(12)15(21)18-9-10(19)8-13(18)14(16)20/h3-6,10,13,17,19H,2,7-9H2,1H3,(H2,16,20). The van der Waals surface area contributed by atoms with Gasteiger partial charge in [-0.05, 0) is 18.6 Å². The third-order valence-electron chi connectivity index (χ3n) is 3.59. The van der Waals surface area contributed by atoms with Gasteiger partial charge in [0.15, 0.2) is 0 Å². The Morgan fingerprint density at radius 1 is 1.43 bits per heavy atom. The first-order valence-corrected chi connectivity index (χ1v) is 7.15. The van der Waals surface area contributed by atoms with E-state index in [0.717, 1.165) is 18.7 Å². The summed E-state index contributed by atoms with van der Waals surface area (Å²) in [6.07, 6.45) is 0.433. The first kappa shape index (κ1) is 15.3. The number of primary amides is 1. The van der Waals surface area contributed by atoms with Gasteiger partial charge in [0.2, 0.25) is 5.91 Å². The highest BCUT2D eigenvalue weighted by atomic mass is 16.3. The Labute approximate surface area is 123 Å². The van der Waals surface area contributed by atoms with Crippen molar-refractivity contribution in [1.82, 2.24) is 4.90 Å². The van der Waals surface area contributed by atoms with Crippen LogP contribution in [-0.2, 0) is 4.79 Å². The van der Waals surface area contributed by atoms with Crippen molar-refractivity contribution in [3.8, 4) is 0 Å². The Hall–Kier alpha value is -2.08. The van der Waals surface area contributed by atoms with E-state index in [9.17, 15) is 14.7 Å². The van der Waals surface area contributed by atoms with Gasteiger partial charge in [0.05, 0.1) is 11.7 Å². The highest BCUT2D eigenvalue weighted by Gasteiger charge is 2.38. The summed E-state index contributed by atoms with van der Waals surface area (Å²) in [5.41, 5.74) is 6.55. The van der Waals surface area contributed by atoms with Crippen molar-refractivity contribution >= 4 is 17.5 Å². The average Bonchev–Trinajstić information content (AvgIpc) is 2.87. The number of likely N-dealkylation sites (tertiary alicyclic amines) is 1. The second-order valence-corrected chi connectivity index (χ2v) is 5.24. The summed E-state index contributed by atoms with van der Waals surface area (Å²) in [6.45, 7) is 2.93. The molecule has 0 aliphatic carbocycles. The number of nitrogens with one attached hydrogen (secondary N) is 1. The van der Waals surface area contributed by atoms with E-state index in [-0.39, 0.29) is 18.9 Å². The van der Waals surface area contributed by atoms with E-state index in [2.05, 4.69) is 5.32 Å². The van der Waals surface area contributed by atoms with Crippen LogP contribution in [0.15, 0.2) is 24.3 Å². The zero-order valence-electron chi connectivity index (χ0n) is 12.1. The molecule has 6 nitrogen and oxygen atoms in total. The van der Waals surface area contributed by atoms with Gasteiger partial charge in [0.25, 0.3) is 5.91 Å². The molecule has 4 N–H and O–H groups in total. The lowest BCUT2D eigenvalue weighted by atomic mass is 10.1. The van der Waals surface area contributed by atoms with Gasteiger partial charge in [0, 0.05) is 25.2 Å². The summed E-state index contributed by atoms with van der Waals surface area (Å²) in [5, 5.41) is 12.9. The molecule has 0 aromatic heterocycles. The smallest absolute Gasteiger partial charge is 0.256 e. The Kier molecular flexibility index (Phi) is 4.80. The fourth-order valence-corrected chi connectivity index (χ4v) is 2.55. The molecule has 0 bridgehead atoms. The number of hydrogen-bond donors (Lipinski definition) is 3. The number of hydrogen-bond acceptors (Lipinski definition) is 4. The van der Waals surface area contributed by atoms with E-state index >= 15 is 0 Å². The molecule has 0 spiro atoms. The van der Waals surface area contributed by atoms with Crippen LogP contribution in [0.1, 0.15) is 30.1 Å². The number of β-amino-alcohol motifs (C(OH)–C–C–N with tert-alkyl or cyclic N) is 1. The molecular weight excluding hydrogens is 270 g/mol. The highest BCUT2D eigenvalue weighted by Crippen LogP contribution is 2.24. The maximum Gasteiger partial charge on any atom is 0.256 e. The predicted octanol–water partition coefficient (Wildman–Crippen LogP) is 0.569. The fourth-order valence-electron chi connectivity index (χ4n) is 2.55. The SMILES string of the molecule is CCCNc1ccccc1C(=O)N1CC(O)CC1C(N)=O. The summed E-state index contributed by atoms with van der Waals surface area (Å²) >= 11 is 0. The monoisotopic (exact) mass is 291 g/mol. The van der Waals surface area contributed by atoms with Crippen LogP contribution in [0.25, 0.3) is 0 Å². The Morgan fingerprint density at radius 2 is 2.14 bits per heavy atom. The largest absolute Gasteiger partial charge is 0.391 e. The first-order chi connectivity index (χ1) is 10.0. The van der Waals surface area contributed by atoms with E-state index in [1.54, 1.807) is 12.1 Å². The second kappa shape index (κ2) is 6.58. The molecular formula is C15H21N3O3. The molecule has 1 aliphatic heterocycles. The molecule has 6 heteroatoms. The van der Waals surface area contributed by atoms with Crippen molar-refractivity contribution in [2.75, 3.05) is 18.4 Å². The van der Waals surface area contributed by atoms with Crippen LogP contribution in [-0.4, -0.2) is 47.1 Å². The lowest BCUT2D eigenvalue weighted by molar-refractivity contribution is -0.121. The minimum atomic E-state index is -0.744. The van der Waals surface area contributed by atoms with Crippen molar-refractivity contribution in [3.63, 3.8) is 0 Å². The van der Waals surface area contributed by atoms with Gasteiger partial charge in [0.1, 0.15) is 6.04 Å². The van der Waals surface area contributed by atoms with Crippen molar-refractivity contribution in [3.05, 3.63) is 29.8 Å². The molecule has 1 aliphatic rings. The number of anilines is 1.